The highest BCUT2D eigenvalue weighted by atomic mass is 16.6. The lowest BCUT2D eigenvalue weighted by Crippen LogP contribution is -2.37. The van der Waals surface area contributed by atoms with Crippen LogP contribution in [0.1, 0.15) is 12.5 Å². The van der Waals surface area contributed by atoms with Crippen molar-refractivity contribution in [3.8, 4) is 0 Å². The van der Waals surface area contributed by atoms with Crippen LogP contribution in [0, 0.1) is 0 Å². The number of hydrogen-bond acceptors (Lipinski definition) is 3. The Bertz CT molecular complexity index is 287. The van der Waals surface area contributed by atoms with Gasteiger partial charge in [-0.2, -0.15) is 0 Å². The van der Waals surface area contributed by atoms with Crippen molar-refractivity contribution in [2.45, 2.75) is 13.5 Å². The molecule has 0 aliphatic rings. The van der Waals surface area contributed by atoms with E-state index in [0.29, 0.717) is 6.54 Å². The second kappa shape index (κ2) is 5.24. The van der Waals surface area contributed by atoms with E-state index in [9.17, 15) is 4.79 Å². The molecule has 0 radical (unpaired) electrons. The summed E-state index contributed by atoms with van der Waals surface area (Å²) >= 11 is 0. The number of rotatable bonds is 3. The van der Waals surface area contributed by atoms with Gasteiger partial charge in [0.25, 0.3) is 0 Å². The Balaban J connectivity index is 2.38. The van der Waals surface area contributed by atoms with Gasteiger partial charge in [0.15, 0.2) is 0 Å². The minimum Gasteiger partial charge on any atom is -0.444 e. The summed E-state index contributed by atoms with van der Waals surface area (Å²) in [7, 11) is 0. The van der Waals surface area contributed by atoms with Crippen LogP contribution in [0.4, 0.5) is 4.79 Å². The van der Waals surface area contributed by atoms with Crippen LogP contribution in [0.25, 0.3) is 0 Å². The molecule has 0 aliphatic heterocycles. The zero-order chi connectivity index (χ0) is 10.4. The van der Waals surface area contributed by atoms with Crippen molar-refractivity contribution >= 4 is 6.09 Å². The molecule has 14 heavy (non-hydrogen) atoms. The number of carbonyl (C=O) groups is 1. The third kappa shape index (κ3) is 3.06. The van der Waals surface area contributed by atoms with Gasteiger partial charge in [0.05, 0.1) is 0 Å². The zero-order valence-electron chi connectivity index (χ0n) is 8.14. The van der Waals surface area contributed by atoms with E-state index >= 15 is 0 Å². The van der Waals surface area contributed by atoms with Crippen LogP contribution in [-0.4, -0.2) is 17.6 Å². The van der Waals surface area contributed by atoms with Gasteiger partial charge in [0, 0.05) is 6.54 Å². The molecule has 76 valence electrons. The number of benzene rings is 1. The first-order chi connectivity index (χ1) is 6.74. The molecule has 0 heterocycles. The third-order valence-electron chi connectivity index (χ3n) is 1.78. The summed E-state index contributed by atoms with van der Waals surface area (Å²) in [6, 6.07) is 9.47. The zero-order valence-corrected chi connectivity index (χ0v) is 8.14. The van der Waals surface area contributed by atoms with Gasteiger partial charge >= 0.3 is 6.09 Å². The maximum Gasteiger partial charge on any atom is 0.424 e. The fourth-order valence-electron chi connectivity index (χ4n) is 0.931. The summed E-state index contributed by atoms with van der Waals surface area (Å²) in [6.07, 6.45) is -0.503. The first-order valence-corrected chi connectivity index (χ1v) is 4.47. The summed E-state index contributed by atoms with van der Waals surface area (Å²) in [6.45, 7) is 2.48. The van der Waals surface area contributed by atoms with E-state index in [2.05, 4.69) is 0 Å². The maximum absolute atomic E-state index is 11.1. The highest BCUT2D eigenvalue weighted by molar-refractivity contribution is 5.66. The van der Waals surface area contributed by atoms with Crippen molar-refractivity contribution < 1.29 is 9.53 Å². The fraction of sp³-hybridized carbons (Fsp3) is 0.300. The predicted molar refractivity (Wildman–Crippen MR) is 53.2 cm³/mol. The molecule has 0 aromatic heterocycles. The number of hydrazine groups is 1. The molecular formula is C10H14N2O2. The lowest BCUT2D eigenvalue weighted by Gasteiger charge is -2.13. The van der Waals surface area contributed by atoms with Crippen molar-refractivity contribution in [3.63, 3.8) is 0 Å². The molecule has 4 nitrogen and oxygen atoms in total. The fourth-order valence-corrected chi connectivity index (χ4v) is 0.931. The topological polar surface area (TPSA) is 55.6 Å². The van der Waals surface area contributed by atoms with E-state index in [4.69, 9.17) is 10.6 Å². The summed E-state index contributed by atoms with van der Waals surface area (Å²) in [5, 5.41) is 1.03. The minimum atomic E-state index is -0.503. The van der Waals surface area contributed by atoms with Gasteiger partial charge in [-0.25, -0.2) is 15.6 Å². The van der Waals surface area contributed by atoms with Crippen molar-refractivity contribution in [2.75, 3.05) is 6.54 Å². The molecule has 0 saturated carbocycles. The summed E-state index contributed by atoms with van der Waals surface area (Å²) in [4.78, 5) is 11.1. The minimum absolute atomic E-state index is 0.257. The van der Waals surface area contributed by atoms with Gasteiger partial charge in [-0.1, -0.05) is 30.3 Å². The number of nitrogens with two attached hydrogens (primary N) is 1. The van der Waals surface area contributed by atoms with Crippen molar-refractivity contribution in [3.05, 3.63) is 35.9 Å². The van der Waals surface area contributed by atoms with Crippen molar-refractivity contribution in [1.29, 1.82) is 0 Å². The molecule has 1 aromatic carbocycles. The summed E-state index contributed by atoms with van der Waals surface area (Å²) < 4.78 is 4.94. The van der Waals surface area contributed by atoms with E-state index in [1.165, 1.54) is 0 Å². The molecule has 1 aromatic rings. The third-order valence-corrected chi connectivity index (χ3v) is 1.78. The van der Waals surface area contributed by atoms with E-state index < -0.39 is 6.09 Å². The monoisotopic (exact) mass is 194 g/mol. The molecular weight excluding hydrogens is 180 g/mol. The Kier molecular flexibility index (Phi) is 3.94. The van der Waals surface area contributed by atoms with Crippen LogP contribution in [0.5, 0.6) is 0 Å². The number of carbonyl (C=O) groups excluding carboxylic acids is 1. The predicted octanol–water partition coefficient (Wildman–Crippen LogP) is 1.52. The Morgan fingerprint density at radius 2 is 2.07 bits per heavy atom. The van der Waals surface area contributed by atoms with E-state index in [0.717, 1.165) is 10.6 Å². The Morgan fingerprint density at radius 1 is 1.43 bits per heavy atom. The SMILES string of the molecule is CCN(N)C(=O)OCc1ccccc1. The van der Waals surface area contributed by atoms with Gasteiger partial charge in [0.1, 0.15) is 6.61 Å². The molecule has 0 spiro atoms. The van der Waals surface area contributed by atoms with Crippen LogP contribution in [0.3, 0.4) is 0 Å². The second-order valence-electron chi connectivity index (χ2n) is 2.83. The lowest BCUT2D eigenvalue weighted by molar-refractivity contribution is 0.0982. The van der Waals surface area contributed by atoms with E-state index in [-0.39, 0.29) is 6.61 Å². The molecule has 4 heteroatoms. The van der Waals surface area contributed by atoms with Crippen molar-refractivity contribution in [1.82, 2.24) is 5.01 Å². The van der Waals surface area contributed by atoms with Gasteiger partial charge in [0.2, 0.25) is 0 Å². The maximum atomic E-state index is 11.1. The standard InChI is InChI=1S/C10H14N2O2/c1-2-12(11)10(13)14-8-9-6-4-3-5-7-9/h3-7H,2,8,11H2,1H3. The Hall–Kier alpha value is -1.55. The van der Waals surface area contributed by atoms with Crippen LogP contribution >= 0.6 is 0 Å². The van der Waals surface area contributed by atoms with E-state index in [1.807, 2.05) is 30.3 Å². The summed E-state index contributed by atoms with van der Waals surface area (Å²) in [5.41, 5.74) is 0.949. The Labute approximate surface area is 83.2 Å². The first-order valence-electron chi connectivity index (χ1n) is 4.47. The molecule has 0 atom stereocenters. The molecule has 0 saturated heterocycles. The average Bonchev–Trinajstić information content (AvgIpc) is 2.26. The molecule has 0 aliphatic carbocycles. The van der Waals surface area contributed by atoms with Gasteiger partial charge in [-0.05, 0) is 12.5 Å². The normalized spacial score (nSPS) is 9.57. The molecule has 1 amide bonds. The number of ether oxygens (including phenoxy) is 1. The number of nitrogens with zero attached hydrogens (tertiary/aromatic N) is 1. The summed E-state index contributed by atoms with van der Waals surface area (Å²) in [5.74, 6) is 5.34. The van der Waals surface area contributed by atoms with Crippen LogP contribution in [0.15, 0.2) is 30.3 Å². The van der Waals surface area contributed by atoms with Crippen molar-refractivity contribution in [2.24, 2.45) is 5.84 Å². The quantitative estimate of drug-likeness (QED) is 0.451. The first kappa shape index (κ1) is 10.5. The highest BCUT2D eigenvalue weighted by Gasteiger charge is 2.07. The molecule has 1 rings (SSSR count). The van der Waals surface area contributed by atoms with Gasteiger partial charge in [-0.15, -0.1) is 0 Å². The largest absolute Gasteiger partial charge is 0.444 e. The van der Waals surface area contributed by atoms with Gasteiger partial charge in [-0.3, -0.25) is 0 Å². The highest BCUT2D eigenvalue weighted by Crippen LogP contribution is 2.01. The number of amides is 1. The molecule has 0 bridgehead atoms. The molecule has 2 N–H and O–H groups in total. The van der Waals surface area contributed by atoms with Crippen LogP contribution in [-0.2, 0) is 11.3 Å². The molecule has 0 unspecified atom stereocenters. The average molecular weight is 194 g/mol. The smallest absolute Gasteiger partial charge is 0.424 e. The van der Waals surface area contributed by atoms with Gasteiger partial charge < -0.3 is 4.74 Å². The molecule has 0 fully saturated rings. The van der Waals surface area contributed by atoms with Crippen LogP contribution in [0.2, 0.25) is 0 Å². The Morgan fingerprint density at radius 3 is 2.64 bits per heavy atom. The second-order valence-corrected chi connectivity index (χ2v) is 2.83. The van der Waals surface area contributed by atoms with E-state index in [1.54, 1.807) is 6.92 Å². The van der Waals surface area contributed by atoms with Crippen LogP contribution < -0.4 is 5.84 Å². The lowest BCUT2D eigenvalue weighted by atomic mass is 10.2. The number of hydrogen-bond donors (Lipinski definition) is 1.